The predicted octanol–water partition coefficient (Wildman–Crippen LogP) is 4.22. The number of ether oxygens (including phenoxy) is 2. The first kappa shape index (κ1) is 19.3. The third-order valence-corrected chi connectivity index (χ3v) is 4.75. The third-order valence-electron chi connectivity index (χ3n) is 3.61. The van der Waals surface area contributed by atoms with Crippen LogP contribution in [0.5, 0.6) is 5.75 Å². The zero-order valence-corrected chi connectivity index (χ0v) is 15.9. The summed E-state index contributed by atoms with van der Waals surface area (Å²) in [6.07, 6.45) is -0.0748. The van der Waals surface area contributed by atoms with Gasteiger partial charge in [0, 0.05) is 17.5 Å². The summed E-state index contributed by atoms with van der Waals surface area (Å²) in [5, 5.41) is 7.19. The maximum absolute atomic E-state index is 12.3. The molecule has 0 aliphatic heterocycles. The van der Waals surface area contributed by atoms with Crippen molar-refractivity contribution in [1.29, 1.82) is 0 Å². The van der Waals surface area contributed by atoms with Crippen LogP contribution in [0.4, 0.5) is 5.69 Å². The maximum atomic E-state index is 12.3. The van der Waals surface area contributed by atoms with Crippen molar-refractivity contribution in [1.82, 2.24) is 0 Å². The van der Waals surface area contributed by atoms with Gasteiger partial charge in [0.25, 0.3) is 5.91 Å². The normalized spacial score (nSPS) is 11.7. The van der Waals surface area contributed by atoms with E-state index in [0.29, 0.717) is 22.9 Å². The highest BCUT2D eigenvalue weighted by Gasteiger charge is 2.19. The van der Waals surface area contributed by atoms with E-state index in [0.717, 1.165) is 11.1 Å². The second kappa shape index (κ2) is 8.87. The number of thiophene rings is 1. The number of amides is 1. The molecule has 0 spiro atoms. The van der Waals surface area contributed by atoms with E-state index in [9.17, 15) is 9.59 Å². The van der Waals surface area contributed by atoms with Crippen molar-refractivity contribution in [2.24, 2.45) is 0 Å². The Morgan fingerprint density at radius 1 is 1.36 bits per heavy atom. The number of anilines is 1. The Morgan fingerprint density at radius 2 is 2.12 bits per heavy atom. The smallest absolute Gasteiger partial charge is 0.306 e. The molecule has 7 heteroatoms. The number of hydrogen-bond acceptors (Lipinski definition) is 5. The first-order valence-electron chi connectivity index (χ1n) is 7.76. The molecule has 1 N–H and O–H groups in total. The Kier molecular flexibility index (Phi) is 6.84. The molecule has 1 aromatic heterocycles. The molecule has 0 fully saturated rings. The number of hydrogen-bond donors (Lipinski definition) is 1. The fraction of sp³-hybridized carbons (Fsp3) is 0.333. The highest BCUT2D eigenvalue weighted by atomic mass is 35.5. The average molecular weight is 382 g/mol. The highest BCUT2D eigenvalue weighted by Crippen LogP contribution is 2.31. The summed E-state index contributed by atoms with van der Waals surface area (Å²) in [4.78, 5) is 24.2. The van der Waals surface area contributed by atoms with Crippen molar-refractivity contribution in [3.63, 3.8) is 0 Å². The molecule has 25 heavy (non-hydrogen) atoms. The molecule has 2 aromatic rings. The number of carbonyl (C=O) groups is 2. The highest BCUT2D eigenvalue weighted by molar-refractivity contribution is 7.07. The number of halogens is 1. The molecule has 5 nitrogen and oxygen atoms in total. The molecule has 134 valence electrons. The standard InChI is InChI=1S/C18H20ClNO4S/c1-11-8-15(16(23-3)9-14(11)19)20-18(22)12(2)24-17(21)5-4-13-6-7-25-10-13/h6-10,12H,4-5H2,1-3H3,(H,20,22)/t12-/m0/s1. The quantitative estimate of drug-likeness (QED) is 0.729. The minimum absolute atomic E-state index is 0.234. The molecule has 0 aliphatic rings. The molecule has 1 heterocycles. The molecule has 2 rings (SSSR count). The summed E-state index contributed by atoms with van der Waals surface area (Å²) >= 11 is 7.63. The number of carbonyl (C=O) groups excluding carboxylic acids is 2. The van der Waals surface area contributed by atoms with Gasteiger partial charge in [0.2, 0.25) is 0 Å². The average Bonchev–Trinajstić information content (AvgIpc) is 3.09. The number of methoxy groups -OCH3 is 1. The molecule has 0 unspecified atom stereocenters. The lowest BCUT2D eigenvalue weighted by atomic mass is 10.2. The lowest BCUT2D eigenvalue weighted by Crippen LogP contribution is -2.30. The fourth-order valence-electron chi connectivity index (χ4n) is 2.16. The number of nitrogens with one attached hydrogen (secondary N) is 1. The monoisotopic (exact) mass is 381 g/mol. The van der Waals surface area contributed by atoms with Gasteiger partial charge in [-0.3, -0.25) is 9.59 Å². The first-order chi connectivity index (χ1) is 11.9. The summed E-state index contributed by atoms with van der Waals surface area (Å²) < 4.78 is 10.4. The van der Waals surface area contributed by atoms with Gasteiger partial charge in [-0.05, 0) is 54.3 Å². The van der Waals surface area contributed by atoms with Gasteiger partial charge in [0.1, 0.15) is 5.75 Å². The van der Waals surface area contributed by atoms with Crippen molar-refractivity contribution >= 4 is 40.5 Å². The maximum Gasteiger partial charge on any atom is 0.306 e. The molecular weight excluding hydrogens is 362 g/mol. The Labute approximate surface area is 155 Å². The number of benzene rings is 1. The van der Waals surface area contributed by atoms with Crippen LogP contribution in [0, 0.1) is 6.92 Å². The molecule has 0 saturated carbocycles. The van der Waals surface area contributed by atoms with Crippen molar-refractivity contribution < 1.29 is 19.1 Å². The molecule has 0 aliphatic carbocycles. The largest absolute Gasteiger partial charge is 0.495 e. The van der Waals surface area contributed by atoms with Gasteiger partial charge in [0.15, 0.2) is 6.10 Å². The van der Waals surface area contributed by atoms with Crippen LogP contribution in [-0.4, -0.2) is 25.1 Å². The van der Waals surface area contributed by atoms with Gasteiger partial charge < -0.3 is 14.8 Å². The van der Waals surface area contributed by atoms with E-state index < -0.39 is 18.0 Å². The summed E-state index contributed by atoms with van der Waals surface area (Å²) in [5.41, 5.74) is 2.37. The van der Waals surface area contributed by atoms with Crippen LogP contribution < -0.4 is 10.1 Å². The van der Waals surface area contributed by atoms with Crippen molar-refractivity contribution in [3.8, 4) is 5.75 Å². The van der Waals surface area contributed by atoms with Crippen LogP contribution in [0.3, 0.4) is 0 Å². The molecule has 0 bridgehead atoms. The summed E-state index contributed by atoms with van der Waals surface area (Å²) in [6.45, 7) is 3.36. The van der Waals surface area contributed by atoms with Crippen LogP contribution in [0.15, 0.2) is 29.0 Å². The second-order valence-corrected chi connectivity index (χ2v) is 6.74. The van der Waals surface area contributed by atoms with Crippen molar-refractivity contribution in [2.45, 2.75) is 32.8 Å². The van der Waals surface area contributed by atoms with Gasteiger partial charge in [-0.2, -0.15) is 11.3 Å². The van der Waals surface area contributed by atoms with E-state index in [1.54, 1.807) is 23.5 Å². The van der Waals surface area contributed by atoms with E-state index in [1.807, 2.05) is 23.8 Å². The lowest BCUT2D eigenvalue weighted by molar-refractivity contribution is -0.153. The van der Waals surface area contributed by atoms with Crippen LogP contribution >= 0.6 is 22.9 Å². The van der Waals surface area contributed by atoms with Gasteiger partial charge in [-0.25, -0.2) is 0 Å². The number of rotatable bonds is 7. The van der Waals surface area contributed by atoms with Crippen LogP contribution in [0.1, 0.15) is 24.5 Å². The molecule has 1 amide bonds. The van der Waals surface area contributed by atoms with E-state index in [2.05, 4.69) is 5.32 Å². The topological polar surface area (TPSA) is 64.6 Å². The number of aryl methyl sites for hydroxylation is 2. The molecular formula is C18H20ClNO4S. The van der Waals surface area contributed by atoms with Crippen LogP contribution in [0.25, 0.3) is 0 Å². The Hall–Kier alpha value is -2.05. The van der Waals surface area contributed by atoms with Crippen LogP contribution in [-0.2, 0) is 20.7 Å². The van der Waals surface area contributed by atoms with E-state index in [1.165, 1.54) is 14.0 Å². The Balaban J connectivity index is 1.91. The lowest BCUT2D eigenvalue weighted by Gasteiger charge is -2.16. The van der Waals surface area contributed by atoms with Crippen molar-refractivity contribution in [3.05, 3.63) is 45.1 Å². The van der Waals surface area contributed by atoms with Gasteiger partial charge >= 0.3 is 5.97 Å². The second-order valence-electron chi connectivity index (χ2n) is 5.55. The van der Waals surface area contributed by atoms with Gasteiger partial charge in [0.05, 0.1) is 12.8 Å². The Morgan fingerprint density at radius 3 is 2.76 bits per heavy atom. The van der Waals surface area contributed by atoms with Crippen LogP contribution in [0.2, 0.25) is 5.02 Å². The SMILES string of the molecule is COc1cc(Cl)c(C)cc1NC(=O)[C@H](C)OC(=O)CCc1ccsc1. The van der Waals surface area contributed by atoms with Crippen molar-refractivity contribution in [2.75, 3.05) is 12.4 Å². The fourth-order valence-corrected chi connectivity index (χ4v) is 3.01. The summed E-state index contributed by atoms with van der Waals surface area (Å²) in [6, 6.07) is 5.30. The van der Waals surface area contributed by atoms with E-state index in [-0.39, 0.29) is 6.42 Å². The minimum atomic E-state index is -0.907. The Bertz CT molecular complexity index is 746. The summed E-state index contributed by atoms with van der Waals surface area (Å²) in [7, 11) is 1.49. The first-order valence-corrected chi connectivity index (χ1v) is 9.08. The van der Waals surface area contributed by atoms with E-state index >= 15 is 0 Å². The predicted molar refractivity (Wildman–Crippen MR) is 99.6 cm³/mol. The number of esters is 1. The molecule has 1 atom stereocenters. The van der Waals surface area contributed by atoms with E-state index in [4.69, 9.17) is 21.1 Å². The molecule has 1 aromatic carbocycles. The molecule has 0 radical (unpaired) electrons. The third kappa shape index (κ3) is 5.47. The van der Waals surface area contributed by atoms with Gasteiger partial charge in [-0.1, -0.05) is 11.6 Å². The zero-order chi connectivity index (χ0) is 18.4. The zero-order valence-electron chi connectivity index (χ0n) is 14.3. The van der Waals surface area contributed by atoms with Gasteiger partial charge in [-0.15, -0.1) is 0 Å². The molecule has 0 saturated heterocycles. The summed E-state index contributed by atoms with van der Waals surface area (Å²) in [5.74, 6) is -0.392. The minimum Gasteiger partial charge on any atom is -0.495 e.